The molecular formula is C17H26O9. The summed E-state index contributed by atoms with van der Waals surface area (Å²) >= 11 is 0. The van der Waals surface area contributed by atoms with Gasteiger partial charge in [-0.1, -0.05) is 6.92 Å². The summed E-state index contributed by atoms with van der Waals surface area (Å²) in [6.07, 6.45) is -4.23. The van der Waals surface area contributed by atoms with Crippen molar-refractivity contribution in [3.63, 3.8) is 0 Å². The van der Waals surface area contributed by atoms with Crippen LogP contribution in [-0.4, -0.2) is 55.1 Å². The minimum atomic E-state index is -1.30. The first-order chi connectivity index (χ1) is 12.0. The summed E-state index contributed by atoms with van der Waals surface area (Å²) in [6, 6.07) is 0. The Bertz CT molecular complexity index is 554. The van der Waals surface area contributed by atoms with E-state index in [1.165, 1.54) is 6.92 Å². The highest BCUT2D eigenvalue weighted by molar-refractivity contribution is 5.76. The summed E-state index contributed by atoms with van der Waals surface area (Å²) in [5.41, 5.74) is -0.784. The van der Waals surface area contributed by atoms with Crippen molar-refractivity contribution < 1.29 is 42.9 Å². The van der Waals surface area contributed by atoms with Gasteiger partial charge in [0.25, 0.3) is 0 Å². The molecule has 0 aliphatic carbocycles. The number of hydrogen-bond donors (Lipinski definition) is 0. The van der Waals surface area contributed by atoms with E-state index in [1.54, 1.807) is 13.8 Å². The molecule has 148 valence electrons. The SMILES string of the molecule is CCC(C)(C)C(=O)OC1OCC(OC(C)=O)C(OC(C)=O)C1OC(C)=O. The van der Waals surface area contributed by atoms with Gasteiger partial charge in [-0.3, -0.25) is 19.2 Å². The Kier molecular flexibility index (Phi) is 7.55. The molecule has 0 radical (unpaired) electrons. The van der Waals surface area contributed by atoms with E-state index in [0.717, 1.165) is 13.8 Å². The molecular weight excluding hydrogens is 348 g/mol. The number of esters is 4. The number of hydrogen-bond acceptors (Lipinski definition) is 9. The molecule has 0 bridgehead atoms. The second-order valence-electron chi connectivity index (χ2n) is 6.64. The lowest BCUT2D eigenvalue weighted by Gasteiger charge is -2.40. The molecule has 0 N–H and O–H groups in total. The molecule has 1 aliphatic heterocycles. The number of carbonyl (C=O) groups excluding carboxylic acids is 4. The van der Waals surface area contributed by atoms with Crippen LogP contribution < -0.4 is 0 Å². The van der Waals surface area contributed by atoms with Crippen LogP contribution in [-0.2, 0) is 42.9 Å². The van der Waals surface area contributed by atoms with Crippen LogP contribution in [0.4, 0.5) is 0 Å². The average molecular weight is 374 g/mol. The van der Waals surface area contributed by atoms with E-state index in [4.69, 9.17) is 23.7 Å². The molecule has 1 saturated heterocycles. The number of carbonyl (C=O) groups is 4. The molecule has 4 unspecified atom stereocenters. The van der Waals surface area contributed by atoms with Crippen molar-refractivity contribution in [2.75, 3.05) is 6.61 Å². The van der Waals surface area contributed by atoms with Gasteiger partial charge in [-0.2, -0.15) is 0 Å². The van der Waals surface area contributed by atoms with Crippen molar-refractivity contribution in [3.8, 4) is 0 Å². The maximum Gasteiger partial charge on any atom is 0.313 e. The fourth-order valence-corrected chi connectivity index (χ4v) is 2.22. The molecule has 9 nitrogen and oxygen atoms in total. The first-order valence-corrected chi connectivity index (χ1v) is 8.32. The van der Waals surface area contributed by atoms with Crippen molar-refractivity contribution in [2.45, 2.75) is 72.6 Å². The maximum absolute atomic E-state index is 12.3. The van der Waals surface area contributed by atoms with Crippen LogP contribution in [0.3, 0.4) is 0 Å². The van der Waals surface area contributed by atoms with E-state index in [2.05, 4.69) is 0 Å². The molecule has 9 heteroatoms. The van der Waals surface area contributed by atoms with E-state index < -0.39 is 53.9 Å². The highest BCUT2D eigenvalue weighted by atomic mass is 16.7. The zero-order valence-corrected chi connectivity index (χ0v) is 15.9. The molecule has 0 amide bonds. The van der Waals surface area contributed by atoms with Crippen molar-refractivity contribution in [2.24, 2.45) is 5.41 Å². The van der Waals surface area contributed by atoms with Gasteiger partial charge in [0.05, 0.1) is 12.0 Å². The molecule has 1 heterocycles. The van der Waals surface area contributed by atoms with Gasteiger partial charge in [0.1, 0.15) is 0 Å². The highest BCUT2D eigenvalue weighted by Gasteiger charge is 2.49. The predicted molar refractivity (Wildman–Crippen MR) is 86.6 cm³/mol. The normalized spacial score (nSPS) is 25.8. The minimum absolute atomic E-state index is 0.195. The molecule has 4 atom stereocenters. The summed E-state index contributed by atoms with van der Waals surface area (Å²) in [4.78, 5) is 46.6. The Labute approximate surface area is 152 Å². The molecule has 0 aromatic rings. The predicted octanol–water partition coefficient (Wildman–Crippen LogP) is 1.12. The zero-order chi connectivity index (χ0) is 20.1. The Hall–Kier alpha value is -2.16. The summed E-state index contributed by atoms with van der Waals surface area (Å²) in [7, 11) is 0. The molecule has 1 fully saturated rings. The van der Waals surface area contributed by atoms with Gasteiger partial charge >= 0.3 is 23.9 Å². The molecule has 0 aromatic heterocycles. The molecule has 0 spiro atoms. The lowest BCUT2D eigenvalue weighted by molar-refractivity contribution is -0.277. The lowest BCUT2D eigenvalue weighted by atomic mass is 9.90. The summed E-state index contributed by atoms with van der Waals surface area (Å²) in [5.74, 6) is -2.56. The monoisotopic (exact) mass is 374 g/mol. The Morgan fingerprint density at radius 3 is 1.85 bits per heavy atom. The second kappa shape index (κ2) is 8.98. The first-order valence-electron chi connectivity index (χ1n) is 8.32. The smallest absolute Gasteiger partial charge is 0.313 e. The van der Waals surface area contributed by atoms with Gasteiger partial charge in [0, 0.05) is 20.8 Å². The topological polar surface area (TPSA) is 114 Å². The van der Waals surface area contributed by atoms with E-state index >= 15 is 0 Å². The van der Waals surface area contributed by atoms with Crippen LogP contribution in [0, 0.1) is 5.41 Å². The van der Waals surface area contributed by atoms with Crippen LogP contribution in [0.15, 0.2) is 0 Å². The fourth-order valence-electron chi connectivity index (χ4n) is 2.22. The Morgan fingerprint density at radius 1 is 0.885 bits per heavy atom. The Balaban J connectivity index is 3.10. The van der Waals surface area contributed by atoms with Crippen molar-refractivity contribution in [1.82, 2.24) is 0 Å². The Morgan fingerprint density at radius 2 is 1.38 bits per heavy atom. The molecule has 26 heavy (non-hydrogen) atoms. The number of ether oxygens (including phenoxy) is 5. The fraction of sp³-hybridized carbons (Fsp3) is 0.765. The molecule has 0 aromatic carbocycles. The standard InChI is InChI=1S/C17H26O9/c1-7-17(5,6)16(21)26-15-14(25-11(4)20)13(24-10(3)19)12(8-22-15)23-9(2)18/h12-15H,7-8H2,1-6H3. The van der Waals surface area contributed by atoms with Gasteiger partial charge in [0.15, 0.2) is 12.2 Å². The number of rotatable bonds is 6. The van der Waals surface area contributed by atoms with Crippen LogP contribution in [0.1, 0.15) is 48.0 Å². The van der Waals surface area contributed by atoms with Gasteiger partial charge in [-0.05, 0) is 20.3 Å². The van der Waals surface area contributed by atoms with Crippen LogP contribution in [0.2, 0.25) is 0 Å². The van der Waals surface area contributed by atoms with Gasteiger partial charge in [0.2, 0.25) is 12.4 Å². The van der Waals surface area contributed by atoms with Crippen LogP contribution >= 0.6 is 0 Å². The molecule has 0 saturated carbocycles. The summed E-state index contributed by atoms with van der Waals surface area (Å²) in [6.45, 7) is 8.52. The third-order valence-corrected chi connectivity index (χ3v) is 3.96. The third-order valence-electron chi connectivity index (χ3n) is 3.96. The zero-order valence-electron chi connectivity index (χ0n) is 15.9. The molecule has 1 aliphatic rings. The molecule has 1 rings (SSSR count). The van der Waals surface area contributed by atoms with Crippen LogP contribution in [0.25, 0.3) is 0 Å². The van der Waals surface area contributed by atoms with E-state index in [0.29, 0.717) is 6.42 Å². The van der Waals surface area contributed by atoms with Crippen molar-refractivity contribution >= 4 is 23.9 Å². The average Bonchev–Trinajstić information content (AvgIpc) is 2.51. The maximum atomic E-state index is 12.3. The van der Waals surface area contributed by atoms with Gasteiger partial charge in [-0.15, -0.1) is 0 Å². The van der Waals surface area contributed by atoms with E-state index in [1.807, 2.05) is 6.92 Å². The third kappa shape index (κ3) is 5.98. The van der Waals surface area contributed by atoms with Crippen molar-refractivity contribution in [3.05, 3.63) is 0 Å². The summed E-state index contributed by atoms with van der Waals surface area (Å²) in [5, 5.41) is 0. The first kappa shape index (κ1) is 21.9. The lowest BCUT2D eigenvalue weighted by Crippen LogP contribution is -2.58. The minimum Gasteiger partial charge on any atom is -0.456 e. The van der Waals surface area contributed by atoms with E-state index in [9.17, 15) is 19.2 Å². The summed E-state index contributed by atoms with van der Waals surface area (Å²) < 4.78 is 26.2. The second-order valence-corrected chi connectivity index (χ2v) is 6.64. The largest absolute Gasteiger partial charge is 0.456 e. The van der Waals surface area contributed by atoms with E-state index in [-0.39, 0.29) is 6.61 Å². The quantitative estimate of drug-likeness (QED) is 0.498. The van der Waals surface area contributed by atoms with Crippen molar-refractivity contribution in [1.29, 1.82) is 0 Å². The van der Waals surface area contributed by atoms with Crippen LogP contribution in [0.5, 0.6) is 0 Å². The van der Waals surface area contributed by atoms with Gasteiger partial charge in [-0.25, -0.2) is 0 Å². The highest BCUT2D eigenvalue weighted by Crippen LogP contribution is 2.28. The van der Waals surface area contributed by atoms with Gasteiger partial charge < -0.3 is 23.7 Å².